The Morgan fingerprint density at radius 3 is 2.94 bits per heavy atom. The molecule has 0 unspecified atom stereocenters. The first-order valence-electron chi connectivity index (χ1n) is 4.44. The third-order valence-corrected chi connectivity index (χ3v) is 2.10. The van der Waals surface area contributed by atoms with Gasteiger partial charge in [-0.25, -0.2) is 13.5 Å². The van der Waals surface area contributed by atoms with Crippen LogP contribution >= 0.6 is 11.6 Å². The fourth-order valence-corrected chi connectivity index (χ4v) is 1.24. The minimum atomic E-state index is -2.52. The number of hydrogen-bond acceptors (Lipinski definition) is 3. The zero-order valence-corrected chi connectivity index (χ0v) is 9.05. The maximum atomic E-state index is 11.9. The number of anilines is 1. The molecule has 1 rings (SSSR count). The van der Waals surface area contributed by atoms with Gasteiger partial charge in [-0.05, 0) is 0 Å². The fourth-order valence-electron chi connectivity index (χ4n) is 1.03. The molecule has 1 N–H and O–H groups in total. The maximum absolute atomic E-state index is 11.9. The summed E-state index contributed by atoms with van der Waals surface area (Å²) in [6.45, 7) is 3.09. The molecule has 0 aromatic carbocycles. The van der Waals surface area contributed by atoms with Gasteiger partial charge in [0, 0.05) is 0 Å². The van der Waals surface area contributed by atoms with E-state index in [0.717, 1.165) is 4.68 Å². The molecule has 0 fully saturated rings. The summed E-state index contributed by atoms with van der Waals surface area (Å²) in [7, 11) is 0. The first-order valence-corrected chi connectivity index (χ1v) is 4.82. The second kappa shape index (κ2) is 5.60. The molecule has 16 heavy (non-hydrogen) atoms. The molecule has 0 aliphatic carbocycles. The van der Waals surface area contributed by atoms with E-state index in [9.17, 15) is 13.6 Å². The number of halogens is 3. The summed E-state index contributed by atoms with van der Waals surface area (Å²) in [5, 5.41) is 5.93. The van der Waals surface area contributed by atoms with Gasteiger partial charge in [0.2, 0.25) is 0 Å². The van der Waals surface area contributed by atoms with Crippen LogP contribution in [0, 0.1) is 0 Å². The minimum Gasteiger partial charge on any atom is -0.377 e. The molecule has 7 heteroatoms. The highest BCUT2D eigenvalue weighted by atomic mass is 35.5. The van der Waals surface area contributed by atoms with Crippen molar-refractivity contribution in [2.45, 2.75) is 13.0 Å². The predicted octanol–water partition coefficient (Wildman–Crippen LogP) is 1.76. The van der Waals surface area contributed by atoms with Gasteiger partial charge in [-0.1, -0.05) is 17.7 Å². The first kappa shape index (κ1) is 12.6. The Morgan fingerprint density at radius 1 is 1.69 bits per heavy atom. The van der Waals surface area contributed by atoms with Crippen molar-refractivity contribution < 1.29 is 8.78 Å². The molecule has 0 aliphatic heterocycles. The average Bonchev–Trinajstić information content (AvgIpc) is 2.24. The number of nitrogens with one attached hydrogen (secondary N) is 1. The highest BCUT2D eigenvalue weighted by molar-refractivity contribution is 6.32. The highest BCUT2D eigenvalue weighted by Gasteiger charge is 2.10. The molecule has 0 radical (unpaired) electrons. The molecule has 0 saturated heterocycles. The van der Waals surface area contributed by atoms with Gasteiger partial charge in [0.15, 0.2) is 0 Å². The zero-order valence-electron chi connectivity index (χ0n) is 8.29. The van der Waals surface area contributed by atoms with E-state index >= 15 is 0 Å². The Hall–Kier alpha value is -1.43. The van der Waals surface area contributed by atoms with Crippen LogP contribution in [0.15, 0.2) is 23.6 Å². The van der Waals surface area contributed by atoms with Crippen LogP contribution in [0.5, 0.6) is 0 Å². The van der Waals surface area contributed by atoms with Crippen LogP contribution in [-0.2, 0) is 6.54 Å². The minimum absolute atomic E-state index is 0.104. The molecule has 0 bridgehead atoms. The van der Waals surface area contributed by atoms with Gasteiger partial charge in [0.05, 0.1) is 25.0 Å². The molecule has 0 spiro atoms. The first-order chi connectivity index (χ1) is 7.56. The predicted molar refractivity (Wildman–Crippen MR) is 58.2 cm³/mol. The lowest BCUT2D eigenvalue weighted by Crippen LogP contribution is -2.24. The summed E-state index contributed by atoms with van der Waals surface area (Å²) in [4.78, 5) is 11.5. The van der Waals surface area contributed by atoms with E-state index in [1.165, 1.54) is 12.3 Å². The molecule has 4 nitrogen and oxygen atoms in total. The van der Waals surface area contributed by atoms with Crippen molar-refractivity contribution in [1.82, 2.24) is 9.78 Å². The Labute approximate surface area is 95.5 Å². The van der Waals surface area contributed by atoms with Gasteiger partial charge in [0.1, 0.15) is 5.02 Å². The van der Waals surface area contributed by atoms with Crippen LogP contribution in [0.4, 0.5) is 14.5 Å². The lowest BCUT2D eigenvalue weighted by molar-refractivity contribution is 0.163. The van der Waals surface area contributed by atoms with Crippen LogP contribution in [0.1, 0.15) is 0 Å². The Kier molecular flexibility index (Phi) is 4.42. The monoisotopic (exact) mass is 249 g/mol. The van der Waals surface area contributed by atoms with E-state index in [4.69, 9.17) is 11.6 Å². The summed E-state index contributed by atoms with van der Waals surface area (Å²) >= 11 is 5.70. The van der Waals surface area contributed by atoms with Crippen molar-refractivity contribution in [3.05, 3.63) is 34.2 Å². The zero-order chi connectivity index (χ0) is 12.1. The average molecular weight is 250 g/mol. The van der Waals surface area contributed by atoms with E-state index in [1.807, 2.05) is 0 Å². The Bertz CT molecular complexity index is 433. The highest BCUT2D eigenvalue weighted by Crippen LogP contribution is 2.15. The molecule has 0 saturated carbocycles. The number of allylic oxidation sites excluding steroid dienone is 1. The van der Waals surface area contributed by atoms with Crippen LogP contribution in [0.25, 0.3) is 0 Å². The molecule has 0 amide bonds. The number of hydrogen-bond donors (Lipinski definition) is 1. The van der Waals surface area contributed by atoms with E-state index in [1.54, 1.807) is 0 Å². The molecule has 1 aromatic heterocycles. The van der Waals surface area contributed by atoms with Crippen molar-refractivity contribution >= 4 is 17.3 Å². The van der Waals surface area contributed by atoms with Crippen molar-refractivity contribution in [3.8, 4) is 0 Å². The van der Waals surface area contributed by atoms with Crippen LogP contribution in [0.2, 0.25) is 5.02 Å². The van der Waals surface area contributed by atoms with Crippen molar-refractivity contribution in [2.24, 2.45) is 0 Å². The molecule has 1 aromatic rings. The van der Waals surface area contributed by atoms with Crippen molar-refractivity contribution in [2.75, 3.05) is 11.9 Å². The van der Waals surface area contributed by atoms with Crippen LogP contribution < -0.4 is 10.9 Å². The van der Waals surface area contributed by atoms with Gasteiger partial charge in [-0.2, -0.15) is 5.10 Å². The summed E-state index contributed by atoms with van der Waals surface area (Å²) < 4.78 is 24.9. The number of alkyl halides is 2. The molecular formula is C9H10ClF2N3O. The fraction of sp³-hybridized carbons (Fsp3) is 0.333. The van der Waals surface area contributed by atoms with Gasteiger partial charge in [0.25, 0.3) is 12.0 Å². The van der Waals surface area contributed by atoms with E-state index in [-0.39, 0.29) is 17.3 Å². The third-order valence-electron chi connectivity index (χ3n) is 1.73. The quantitative estimate of drug-likeness (QED) is 0.809. The van der Waals surface area contributed by atoms with E-state index < -0.39 is 18.5 Å². The standard InChI is InChI=1S/C9H10ClF2N3O/c1-2-3-15-9(16)8(10)6(4-14-15)13-5-7(11)12/h2,4,7,13H,1,3,5H2. The van der Waals surface area contributed by atoms with Crippen LogP contribution in [-0.4, -0.2) is 22.8 Å². The van der Waals surface area contributed by atoms with Crippen molar-refractivity contribution in [1.29, 1.82) is 0 Å². The third kappa shape index (κ3) is 3.03. The summed E-state index contributed by atoms with van der Waals surface area (Å²) in [6, 6.07) is 0. The smallest absolute Gasteiger partial charge is 0.287 e. The van der Waals surface area contributed by atoms with Crippen LogP contribution in [0.3, 0.4) is 0 Å². The van der Waals surface area contributed by atoms with Gasteiger partial charge in [-0.3, -0.25) is 4.79 Å². The van der Waals surface area contributed by atoms with Gasteiger partial charge >= 0.3 is 0 Å². The SMILES string of the molecule is C=CCn1ncc(NCC(F)F)c(Cl)c1=O. The summed E-state index contributed by atoms with van der Waals surface area (Å²) in [6.07, 6.45) is 0.193. The largest absolute Gasteiger partial charge is 0.377 e. The second-order valence-electron chi connectivity index (χ2n) is 2.92. The Balaban J connectivity index is 2.93. The molecule has 1 heterocycles. The molecular weight excluding hydrogens is 240 g/mol. The number of rotatable bonds is 5. The molecule has 0 aliphatic rings. The van der Waals surface area contributed by atoms with E-state index in [2.05, 4.69) is 17.0 Å². The maximum Gasteiger partial charge on any atom is 0.287 e. The van der Waals surface area contributed by atoms with Crippen molar-refractivity contribution in [3.63, 3.8) is 0 Å². The van der Waals surface area contributed by atoms with E-state index in [0.29, 0.717) is 0 Å². The van der Waals surface area contributed by atoms with Gasteiger partial charge in [-0.15, -0.1) is 6.58 Å². The lowest BCUT2D eigenvalue weighted by atomic mass is 10.4. The van der Waals surface area contributed by atoms with Gasteiger partial charge < -0.3 is 5.32 Å². The normalized spacial score (nSPS) is 10.5. The second-order valence-corrected chi connectivity index (χ2v) is 3.30. The summed E-state index contributed by atoms with van der Waals surface area (Å²) in [5.41, 5.74) is -0.437. The topological polar surface area (TPSA) is 46.9 Å². The number of nitrogens with zero attached hydrogens (tertiary/aromatic N) is 2. The molecule has 0 atom stereocenters. The lowest BCUT2D eigenvalue weighted by Gasteiger charge is -2.08. The summed E-state index contributed by atoms with van der Waals surface area (Å²) in [5.74, 6) is 0. The Morgan fingerprint density at radius 2 is 2.38 bits per heavy atom. The molecule has 88 valence electrons. The number of aromatic nitrogens is 2.